The lowest BCUT2D eigenvalue weighted by atomic mass is 9.73. The van der Waals surface area contributed by atoms with E-state index in [2.05, 4.69) is 47.5 Å². The fourth-order valence-corrected chi connectivity index (χ4v) is 6.18. The largest absolute Gasteiger partial charge is 0.497 e. The van der Waals surface area contributed by atoms with E-state index in [1.807, 2.05) is 24.3 Å². The highest BCUT2D eigenvalue weighted by molar-refractivity contribution is 6.27. The molecule has 0 bridgehead atoms. The number of azo groups is 1. The van der Waals surface area contributed by atoms with E-state index >= 15 is 0 Å². The first kappa shape index (κ1) is 43.1. The standard InChI is InChI=1S/C38H59N3O2.C2H2O4/c1-5-6-7-8-9-10-11-12-13-14-15-16-17-28-38(32-39,34-22-19-25-37(31-34)43-4)29-20-23-35(41-40-2)27-26-33-21-18-24-36(30-33)42-3;3-1(4)2(5)6/h18-19,21-22,24-25,30-31,35H,5-17,20,23,26-29H2,1-4H3;(H,3,4)(H,5,6)/b41-40+;. The molecule has 2 unspecified atom stereocenters. The molecule has 2 aromatic rings. The molecule has 272 valence electrons. The normalized spacial score (nSPS) is 12.7. The van der Waals surface area contributed by atoms with Gasteiger partial charge in [0.1, 0.15) is 11.5 Å². The van der Waals surface area contributed by atoms with Crippen LogP contribution in [-0.2, 0) is 21.4 Å². The van der Waals surface area contributed by atoms with Gasteiger partial charge in [0.2, 0.25) is 0 Å². The Morgan fingerprint density at radius 3 is 1.78 bits per heavy atom. The number of carboxylic acids is 2. The molecule has 0 amide bonds. The van der Waals surface area contributed by atoms with Crippen molar-refractivity contribution in [2.45, 2.75) is 140 Å². The number of carboxylic acid groups (broad SMARTS) is 2. The second-order valence-electron chi connectivity index (χ2n) is 12.8. The number of nitrogens with zero attached hydrogens (tertiary/aromatic N) is 3. The van der Waals surface area contributed by atoms with Crippen LogP contribution in [0, 0.1) is 11.3 Å². The molecular weight excluding hydrogens is 618 g/mol. The van der Waals surface area contributed by atoms with Crippen molar-refractivity contribution in [3.05, 3.63) is 59.7 Å². The predicted molar refractivity (Wildman–Crippen MR) is 196 cm³/mol. The highest BCUT2D eigenvalue weighted by Gasteiger charge is 2.32. The van der Waals surface area contributed by atoms with Gasteiger partial charge in [-0.25, -0.2) is 9.59 Å². The Morgan fingerprint density at radius 2 is 1.27 bits per heavy atom. The fraction of sp³-hybridized carbons (Fsp3) is 0.625. The van der Waals surface area contributed by atoms with Gasteiger partial charge in [-0.05, 0) is 73.9 Å². The van der Waals surface area contributed by atoms with Crippen LogP contribution in [0.1, 0.15) is 134 Å². The highest BCUT2D eigenvalue weighted by atomic mass is 16.5. The maximum absolute atomic E-state index is 10.6. The van der Waals surface area contributed by atoms with E-state index in [0.717, 1.165) is 62.0 Å². The van der Waals surface area contributed by atoms with Crippen molar-refractivity contribution in [2.24, 2.45) is 10.2 Å². The smallest absolute Gasteiger partial charge is 0.414 e. The minimum Gasteiger partial charge on any atom is -0.497 e. The van der Waals surface area contributed by atoms with Crippen molar-refractivity contribution >= 4 is 11.9 Å². The summed E-state index contributed by atoms with van der Waals surface area (Å²) in [7, 11) is 5.15. The second-order valence-corrected chi connectivity index (χ2v) is 12.8. The molecule has 0 aromatic heterocycles. The van der Waals surface area contributed by atoms with E-state index < -0.39 is 17.4 Å². The molecule has 0 saturated carbocycles. The Labute approximate surface area is 295 Å². The quantitative estimate of drug-likeness (QED) is 0.0604. The zero-order chi connectivity index (χ0) is 36.2. The molecule has 0 radical (unpaired) electrons. The Hall–Kier alpha value is -3.93. The van der Waals surface area contributed by atoms with Gasteiger partial charge in [0.25, 0.3) is 0 Å². The van der Waals surface area contributed by atoms with Crippen LogP contribution in [0.25, 0.3) is 0 Å². The molecule has 2 N–H and O–H groups in total. The van der Waals surface area contributed by atoms with E-state index in [4.69, 9.17) is 29.3 Å². The SMILES string of the molecule is CCCCCCCCCCCCCCCC(C#N)(CCCC(CCc1cccc(OC)c1)/N=N/C)c1cccc(OC)c1.O=C(O)C(=O)O. The van der Waals surface area contributed by atoms with E-state index in [0.29, 0.717) is 0 Å². The Morgan fingerprint density at radius 1 is 0.755 bits per heavy atom. The molecule has 0 aliphatic carbocycles. The summed E-state index contributed by atoms with van der Waals surface area (Å²) in [5, 5.41) is 34.1. The number of hydrogen-bond acceptors (Lipinski definition) is 7. The maximum Gasteiger partial charge on any atom is 0.414 e. The maximum atomic E-state index is 10.6. The number of carbonyl (C=O) groups is 2. The Bertz CT molecular complexity index is 1250. The van der Waals surface area contributed by atoms with E-state index in [1.54, 1.807) is 21.3 Å². The molecule has 0 heterocycles. The van der Waals surface area contributed by atoms with Crippen LogP contribution in [0.2, 0.25) is 0 Å². The molecule has 0 aliphatic rings. The van der Waals surface area contributed by atoms with Crippen LogP contribution in [0.15, 0.2) is 58.8 Å². The molecule has 0 fully saturated rings. The fourth-order valence-electron chi connectivity index (χ4n) is 6.18. The van der Waals surface area contributed by atoms with Crippen molar-refractivity contribution in [3.63, 3.8) is 0 Å². The van der Waals surface area contributed by atoms with Gasteiger partial charge in [-0.1, -0.05) is 115 Å². The molecule has 0 aliphatic heterocycles. The first-order valence-electron chi connectivity index (χ1n) is 18.2. The number of benzene rings is 2. The highest BCUT2D eigenvalue weighted by Crippen LogP contribution is 2.37. The minimum atomic E-state index is -1.82. The molecule has 2 aromatic carbocycles. The summed E-state index contributed by atoms with van der Waals surface area (Å²) in [6.45, 7) is 2.28. The lowest BCUT2D eigenvalue weighted by molar-refractivity contribution is -0.159. The third-order valence-corrected chi connectivity index (χ3v) is 9.05. The lowest BCUT2D eigenvalue weighted by Crippen LogP contribution is -2.25. The second kappa shape index (κ2) is 27.0. The van der Waals surface area contributed by atoms with Crippen molar-refractivity contribution < 1.29 is 29.3 Å². The number of rotatable bonds is 25. The van der Waals surface area contributed by atoms with E-state index in [1.165, 1.54) is 82.6 Å². The summed E-state index contributed by atoms with van der Waals surface area (Å²) in [5.41, 5.74) is 1.83. The number of hydrogen-bond donors (Lipinski definition) is 2. The molecule has 0 saturated heterocycles. The number of methoxy groups -OCH3 is 2. The first-order valence-corrected chi connectivity index (χ1v) is 18.2. The summed E-state index contributed by atoms with van der Waals surface area (Å²) in [6, 6.07) is 19.3. The van der Waals surface area contributed by atoms with Gasteiger partial charge in [-0.15, -0.1) is 0 Å². The molecule has 0 spiro atoms. The molecule has 9 heteroatoms. The number of aryl methyl sites for hydroxylation is 1. The topological polar surface area (TPSA) is 142 Å². The van der Waals surface area contributed by atoms with Crippen LogP contribution in [0.4, 0.5) is 0 Å². The number of unbranched alkanes of at least 4 members (excludes halogenated alkanes) is 12. The van der Waals surface area contributed by atoms with Gasteiger partial charge >= 0.3 is 11.9 Å². The van der Waals surface area contributed by atoms with Crippen molar-refractivity contribution in [1.29, 1.82) is 5.26 Å². The molecule has 9 nitrogen and oxygen atoms in total. The van der Waals surface area contributed by atoms with Gasteiger partial charge in [0.15, 0.2) is 0 Å². The van der Waals surface area contributed by atoms with Crippen LogP contribution >= 0.6 is 0 Å². The monoisotopic (exact) mass is 679 g/mol. The Balaban J connectivity index is 0.00000183. The molecule has 2 atom stereocenters. The number of ether oxygens (including phenoxy) is 2. The summed E-state index contributed by atoms with van der Waals surface area (Å²) in [5.74, 6) is -1.94. The zero-order valence-electron chi connectivity index (χ0n) is 30.5. The van der Waals surface area contributed by atoms with Gasteiger partial charge in [-0.3, -0.25) is 0 Å². The first-order chi connectivity index (χ1) is 23.7. The molecule has 49 heavy (non-hydrogen) atoms. The van der Waals surface area contributed by atoms with E-state index in [9.17, 15) is 5.26 Å². The van der Waals surface area contributed by atoms with Gasteiger partial charge < -0.3 is 19.7 Å². The third kappa shape index (κ3) is 19.0. The molecular formula is C40H61N3O6. The zero-order valence-corrected chi connectivity index (χ0v) is 30.5. The van der Waals surface area contributed by atoms with Crippen LogP contribution in [0.5, 0.6) is 11.5 Å². The predicted octanol–water partition coefficient (Wildman–Crippen LogP) is 10.4. The van der Waals surface area contributed by atoms with Gasteiger partial charge in [-0.2, -0.15) is 15.5 Å². The molecule has 2 rings (SSSR count). The number of aliphatic carboxylic acids is 2. The summed E-state index contributed by atoms with van der Waals surface area (Å²) >= 11 is 0. The summed E-state index contributed by atoms with van der Waals surface area (Å²) in [4.78, 5) is 18.2. The Kier molecular flexibility index (Phi) is 23.7. The van der Waals surface area contributed by atoms with Crippen LogP contribution in [-0.4, -0.2) is 49.5 Å². The van der Waals surface area contributed by atoms with Gasteiger partial charge in [0.05, 0.1) is 31.7 Å². The van der Waals surface area contributed by atoms with Crippen molar-refractivity contribution in [1.82, 2.24) is 0 Å². The average Bonchev–Trinajstić information content (AvgIpc) is 3.12. The van der Waals surface area contributed by atoms with E-state index in [-0.39, 0.29) is 6.04 Å². The third-order valence-electron chi connectivity index (χ3n) is 9.05. The lowest BCUT2D eigenvalue weighted by Gasteiger charge is -2.28. The minimum absolute atomic E-state index is 0.147. The van der Waals surface area contributed by atoms with Crippen molar-refractivity contribution in [2.75, 3.05) is 21.3 Å². The number of nitriles is 1. The van der Waals surface area contributed by atoms with Crippen LogP contribution in [0.3, 0.4) is 0 Å². The summed E-state index contributed by atoms with van der Waals surface area (Å²) in [6.07, 6.45) is 22.7. The van der Waals surface area contributed by atoms with Crippen molar-refractivity contribution in [3.8, 4) is 17.6 Å². The van der Waals surface area contributed by atoms with Crippen LogP contribution < -0.4 is 9.47 Å². The summed E-state index contributed by atoms with van der Waals surface area (Å²) < 4.78 is 10.9. The van der Waals surface area contributed by atoms with Gasteiger partial charge in [0, 0.05) is 7.05 Å². The average molecular weight is 680 g/mol.